The first-order chi connectivity index (χ1) is 17.5. The molecule has 0 aliphatic rings. The quantitative estimate of drug-likeness (QED) is 0.313. The van der Waals surface area contributed by atoms with E-state index in [4.69, 9.17) is 4.74 Å². The Hall–Kier alpha value is -4.76. The summed E-state index contributed by atoms with van der Waals surface area (Å²) < 4.78 is 32.1. The van der Waals surface area contributed by atoms with Crippen LogP contribution in [-0.4, -0.2) is 24.4 Å². The first kappa shape index (κ1) is 23.0. The summed E-state index contributed by atoms with van der Waals surface area (Å²) in [5.74, 6) is 0.726. The lowest BCUT2D eigenvalue weighted by molar-refractivity contribution is 0.262. The average Bonchev–Trinajstić information content (AvgIpc) is 2.90. The zero-order valence-corrected chi connectivity index (χ0v) is 19.6. The molecule has 2 aromatic heterocycles. The van der Waals surface area contributed by atoms with Gasteiger partial charge in [0.05, 0.1) is 27.2 Å². The number of urea groups is 1. The van der Waals surface area contributed by atoms with Gasteiger partial charge in [-0.05, 0) is 48.5 Å². The number of nitrogens with one attached hydrogen (secondary N) is 2. The Labute approximate surface area is 207 Å². The fourth-order valence-electron chi connectivity index (χ4n) is 3.56. The van der Waals surface area contributed by atoms with Gasteiger partial charge in [0.2, 0.25) is 15.7 Å². The highest BCUT2D eigenvalue weighted by Gasteiger charge is 2.21. The van der Waals surface area contributed by atoms with Crippen molar-refractivity contribution in [1.29, 1.82) is 0 Å². The van der Waals surface area contributed by atoms with E-state index in [2.05, 4.69) is 26.7 Å². The van der Waals surface area contributed by atoms with Crippen molar-refractivity contribution < 1.29 is 17.9 Å². The number of hydrogen-bond acceptors (Lipinski definition) is 6. The van der Waals surface area contributed by atoms with Crippen LogP contribution in [0.3, 0.4) is 0 Å². The summed E-state index contributed by atoms with van der Waals surface area (Å²) in [5.41, 5.74) is 0.482. The van der Waals surface area contributed by atoms with Crippen molar-refractivity contribution in [2.75, 3.05) is 10.6 Å². The monoisotopic (exact) mass is 495 g/mol. The molecule has 9 heteroatoms. The number of carbonyl (C=O) groups is 1. The van der Waals surface area contributed by atoms with Crippen molar-refractivity contribution in [3.63, 3.8) is 0 Å². The maximum absolute atomic E-state index is 13.1. The minimum absolute atomic E-state index is 0.0102. The second-order valence-corrected chi connectivity index (χ2v) is 9.55. The summed E-state index contributed by atoms with van der Waals surface area (Å²) in [6.07, 6.45) is 4.99. The van der Waals surface area contributed by atoms with Crippen molar-refractivity contribution >= 4 is 38.0 Å². The number of hydrogen-bond donors (Lipinski definition) is 2. The third kappa shape index (κ3) is 4.86. The van der Waals surface area contributed by atoms with Crippen LogP contribution < -0.4 is 15.4 Å². The molecule has 0 unspecified atom stereocenters. The number of amides is 2. The van der Waals surface area contributed by atoms with Gasteiger partial charge in [0.15, 0.2) is 0 Å². The second-order valence-electron chi connectivity index (χ2n) is 7.64. The number of fused-ring (bicyclic) bond motifs is 1. The molecule has 0 saturated heterocycles. The van der Waals surface area contributed by atoms with Gasteiger partial charge in [-0.1, -0.05) is 36.4 Å². The molecule has 0 saturated carbocycles. The number of sulfone groups is 1. The summed E-state index contributed by atoms with van der Waals surface area (Å²) in [4.78, 5) is 21.2. The maximum atomic E-state index is 13.1. The number of aromatic nitrogens is 2. The van der Waals surface area contributed by atoms with E-state index in [1.165, 1.54) is 24.3 Å². The molecule has 2 heterocycles. The molecule has 0 aliphatic heterocycles. The van der Waals surface area contributed by atoms with Crippen LogP contribution in [0.5, 0.6) is 11.6 Å². The minimum Gasteiger partial charge on any atom is -0.438 e. The van der Waals surface area contributed by atoms with Crippen molar-refractivity contribution in [3.05, 3.63) is 110 Å². The molecule has 1 radical (unpaired) electrons. The zero-order chi connectivity index (χ0) is 25.0. The van der Waals surface area contributed by atoms with Gasteiger partial charge in [0.25, 0.3) is 0 Å². The molecule has 2 N–H and O–H groups in total. The zero-order valence-electron chi connectivity index (χ0n) is 18.8. The van der Waals surface area contributed by atoms with E-state index >= 15 is 0 Å². The van der Waals surface area contributed by atoms with E-state index in [1.807, 2.05) is 6.07 Å². The van der Waals surface area contributed by atoms with Crippen molar-refractivity contribution in [2.24, 2.45) is 0 Å². The average molecular weight is 496 g/mol. The Morgan fingerprint density at radius 1 is 0.833 bits per heavy atom. The number of carbonyl (C=O) groups excluding carboxylic acids is 1. The highest BCUT2D eigenvalue weighted by Crippen LogP contribution is 2.29. The van der Waals surface area contributed by atoms with Crippen LogP contribution in [0.2, 0.25) is 0 Å². The number of benzene rings is 3. The standard InChI is InChI=1S/C27H19N4O4S/c32-27(31-24-11-4-5-12-25(24)36(33,34)22-9-2-1-3-10-22)30-20-7-6-8-21(17-20)35-26-23-14-15-28-18-19(23)13-16-29-26/h1-16,18H,(H2,30,31,32). The topological polar surface area (TPSA) is 110 Å². The summed E-state index contributed by atoms with van der Waals surface area (Å²) in [7, 11) is -3.83. The van der Waals surface area contributed by atoms with Gasteiger partial charge in [0, 0.05) is 29.4 Å². The van der Waals surface area contributed by atoms with Crippen LogP contribution in [-0.2, 0) is 9.84 Å². The SMILES string of the molecule is O=C(Nc1[c]c(Oc2nccc3cnccc23)ccc1)Nc1ccccc1S(=O)(=O)c1ccccc1. The lowest BCUT2D eigenvalue weighted by atomic mass is 10.2. The number of rotatable bonds is 6. The molecule has 177 valence electrons. The van der Waals surface area contributed by atoms with Gasteiger partial charge < -0.3 is 15.4 Å². The van der Waals surface area contributed by atoms with E-state index in [0.717, 1.165) is 10.8 Å². The Balaban J connectivity index is 1.34. The molecule has 5 aromatic rings. The Bertz CT molecular complexity index is 1650. The van der Waals surface area contributed by atoms with Gasteiger partial charge in [-0.3, -0.25) is 4.98 Å². The molecule has 2 amide bonds. The third-order valence-electron chi connectivity index (χ3n) is 5.23. The van der Waals surface area contributed by atoms with Gasteiger partial charge in [0.1, 0.15) is 5.75 Å². The summed E-state index contributed by atoms with van der Waals surface area (Å²) in [6.45, 7) is 0. The molecule has 3 aromatic carbocycles. The fourth-order valence-corrected chi connectivity index (χ4v) is 5.00. The predicted molar refractivity (Wildman–Crippen MR) is 136 cm³/mol. The molecule has 5 rings (SSSR count). The molecule has 0 atom stereocenters. The number of anilines is 2. The molecule has 36 heavy (non-hydrogen) atoms. The predicted octanol–water partition coefficient (Wildman–Crippen LogP) is 5.70. The molecule has 0 spiro atoms. The van der Waals surface area contributed by atoms with Crippen LogP contribution in [0, 0.1) is 6.07 Å². The highest BCUT2D eigenvalue weighted by molar-refractivity contribution is 7.91. The molecule has 0 fully saturated rings. The van der Waals surface area contributed by atoms with E-state index in [1.54, 1.807) is 73.2 Å². The third-order valence-corrected chi connectivity index (χ3v) is 7.06. The van der Waals surface area contributed by atoms with Crippen LogP contribution in [0.25, 0.3) is 10.8 Å². The molecular weight excluding hydrogens is 476 g/mol. The van der Waals surface area contributed by atoms with Crippen LogP contribution in [0.4, 0.5) is 16.2 Å². The lowest BCUT2D eigenvalue weighted by Crippen LogP contribution is -2.21. The summed E-state index contributed by atoms with van der Waals surface area (Å²) in [5, 5.41) is 6.94. The number of pyridine rings is 2. The highest BCUT2D eigenvalue weighted by atomic mass is 32.2. The first-order valence-corrected chi connectivity index (χ1v) is 12.4. The molecule has 8 nitrogen and oxygen atoms in total. The summed E-state index contributed by atoms with van der Waals surface area (Å²) >= 11 is 0. The van der Waals surface area contributed by atoms with E-state index in [0.29, 0.717) is 17.3 Å². The number of para-hydroxylation sites is 1. The van der Waals surface area contributed by atoms with E-state index in [-0.39, 0.29) is 15.5 Å². The van der Waals surface area contributed by atoms with Gasteiger partial charge in [-0.2, -0.15) is 0 Å². The Morgan fingerprint density at radius 3 is 2.50 bits per heavy atom. The normalized spacial score (nSPS) is 11.1. The van der Waals surface area contributed by atoms with Crippen molar-refractivity contribution in [2.45, 2.75) is 9.79 Å². The largest absolute Gasteiger partial charge is 0.438 e. The maximum Gasteiger partial charge on any atom is 0.323 e. The Morgan fingerprint density at radius 2 is 1.64 bits per heavy atom. The Kier molecular flexibility index (Phi) is 6.29. The number of ether oxygens (including phenoxy) is 1. The van der Waals surface area contributed by atoms with E-state index in [9.17, 15) is 13.2 Å². The second kappa shape index (κ2) is 9.85. The van der Waals surface area contributed by atoms with E-state index < -0.39 is 15.9 Å². The molecule has 0 bridgehead atoms. The van der Waals surface area contributed by atoms with Crippen LogP contribution >= 0.6 is 0 Å². The molecule has 0 aliphatic carbocycles. The van der Waals surface area contributed by atoms with Crippen molar-refractivity contribution in [1.82, 2.24) is 9.97 Å². The lowest BCUT2D eigenvalue weighted by Gasteiger charge is -2.13. The first-order valence-electron chi connectivity index (χ1n) is 10.9. The van der Waals surface area contributed by atoms with Gasteiger partial charge >= 0.3 is 6.03 Å². The smallest absolute Gasteiger partial charge is 0.323 e. The van der Waals surface area contributed by atoms with Gasteiger partial charge in [-0.15, -0.1) is 0 Å². The van der Waals surface area contributed by atoms with Crippen LogP contribution in [0.15, 0.2) is 113 Å². The van der Waals surface area contributed by atoms with Gasteiger partial charge in [-0.25, -0.2) is 18.2 Å². The summed E-state index contributed by atoms with van der Waals surface area (Å²) in [6, 6.07) is 25.3. The molecular formula is C27H19N4O4S. The fraction of sp³-hybridized carbons (Fsp3) is 0. The minimum atomic E-state index is -3.83. The van der Waals surface area contributed by atoms with Crippen molar-refractivity contribution in [3.8, 4) is 11.6 Å². The number of nitrogens with zero attached hydrogens (tertiary/aromatic N) is 2. The van der Waals surface area contributed by atoms with Crippen LogP contribution in [0.1, 0.15) is 0 Å².